The van der Waals surface area contributed by atoms with Crippen LogP contribution in [0.15, 0.2) is 103 Å². The molecule has 1 heterocycles. The molecule has 0 spiro atoms. The third-order valence-electron chi connectivity index (χ3n) is 7.20. The van der Waals surface area contributed by atoms with E-state index in [4.69, 9.17) is 0 Å². The second-order valence-corrected chi connectivity index (χ2v) is 10.0. The molecule has 5 aromatic rings. The lowest BCUT2D eigenvalue weighted by Gasteiger charge is -2.31. The van der Waals surface area contributed by atoms with Gasteiger partial charge in [0.2, 0.25) is 0 Å². The number of fused-ring (bicyclic) bond motifs is 1. The van der Waals surface area contributed by atoms with Gasteiger partial charge in [-0.1, -0.05) is 113 Å². The van der Waals surface area contributed by atoms with E-state index in [0.29, 0.717) is 5.69 Å². The van der Waals surface area contributed by atoms with Gasteiger partial charge in [0.1, 0.15) is 5.69 Å². The molecule has 0 aliphatic rings. The van der Waals surface area contributed by atoms with Gasteiger partial charge in [-0.3, -0.25) is 0 Å². The van der Waals surface area contributed by atoms with Crippen LogP contribution >= 0.6 is 0 Å². The number of rotatable bonds is 5. The molecule has 4 aromatic carbocycles. The summed E-state index contributed by atoms with van der Waals surface area (Å²) in [4.78, 5) is 1.03. The van der Waals surface area contributed by atoms with Crippen LogP contribution in [0, 0.1) is 0 Å². The highest BCUT2D eigenvalue weighted by Gasteiger charge is 2.29. The number of aromatic nitrogens is 2. The summed E-state index contributed by atoms with van der Waals surface area (Å²) in [5.41, 5.74) is 6.88. The zero-order valence-corrected chi connectivity index (χ0v) is 20.2. The average Bonchev–Trinajstić information content (AvgIpc) is 3.20. The minimum atomic E-state index is -0.227. The van der Waals surface area contributed by atoms with E-state index in [1.165, 1.54) is 22.3 Å². The molecule has 3 heteroatoms. The summed E-state index contributed by atoms with van der Waals surface area (Å²) < 4.78 is 0. The summed E-state index contributed by atoms with van der Waals surface area (Å²) in [7, 11) is 0. The predicted octanol–water partition coefficient (Wildman–Crippen LogP) is 7.59. The Bertz CT molecular complexity index is 1380. The molecule has 0 fully saturated rings. The normalized spacial score (nSPS) is 12.2. The van der Waals surface area contributed by atoms with Crippen molar-refractivity contribution in [1.29, 1.82) is 0 Å². The highest BCUT2D eigenvalue weighted by molar-refractivity contribution is 5.93. The minimum absolute atomic E-state index is 0.227. The van der Waals surface area contributed by atoms with Gasteiger partial charge >= 0.3 is 0 Å². The van der Waals surface area contributed by atoms with Crippen LogP contribution in [0.2, 0.25) is 0 Å². The van der Waals surface area contributed by atoms with Crippen molar-refractivity contribution >= 4 is 10.9 Å². The van der Waals surface area contributed by atoms with Crippen molar-refractivity contribution in [3.8, 4) is 11.3 Å². The van der Waals surface area contributed by atoms with Gasteiger partial charge in [-0.05, 0) is 40.5 Å². The van der Waals surface area contributed by atoms with E-state index in [1.807, 2.05) is 24.3 Å². The van der Waals surface area contributed by atoms with E-state index in [9.17, 15) is 5.21 Å². The maximum Gasteiger partial charge on any atom is 0.118 e. The molecule has 0 saturated carbocycles. The maximum absolute atomic E-state index is 10.8. The molecule has 1 aromatic heterocycles. The summed E-state index contributed by atoms with van der Waals surface area (Å²) in [6.07, 6.45) is 0. The Kier molecular flexibility index (Phi) is 5.28. The summed E-state index contributed by atoms with van der Waals surface area (Å²) >= 11 is 0. The van der Waals surface area contributed by atoms with Crippen molar-refractivity contribution in [2.24, 2.45) is 0 Å². The molecule has 3 nitrogen and oxygen atoms in total. The fourth-order valence-electron chi connectivity index (χ4n) is 4.82. The second-order valence-electron chi connectivity index (χ2n) is 10.0. The Morgan fingerprint density at radius 2 is 1.06 bits per heavy atom. The number of hydrogen-bond donors (Lipinski definition) is 1. The third kappa shape index (κ3) is 3.67. The number of nitrogens with zero attached hydrogens (tertiary/aromatic N) is 2. The molecule has 5 rings (SSSR count). The molecular formula is C31H30N2O. The van der Waals surface area contributed by atoms with Gasteiger partial charge in [-0.15, -0.1) is 9.94 Å². The molecule has 0 saturated heterocycles. The van der Waals surface area contributed by atoms with Gasteiger partial charge in [-0.2, -0.15) is 0 Å². The fraction of sp³-hybridized carbons (Fsp3) is 0.194. The summed E-state index contributed by atoms with van der Waals surface area (Å²) in [6.45, 7) is 9.04. The zero-order valence-electron chi connectivity index (χ0n) is 20.2. The molecule has 0 aliphatic heterocycles. The van der Waals surface area contributed by atoms with Crippen LogP contribution in [-0.4, -0.2) is 15.2 Å². The Morgan fingerprint density at radius 3 is 1.59 bits per heavy atom. The first-order valence-electron chi connectivity index (χ1n) is 11.7. The molecule has 34 heavy (non-hydrogen) atoms. The van der Waals surface area contributed by atoms with Gasteiger partial charge in [0.15, 0.2) is 0 Å². The van der Waals surface area contributed by atoms with Crippen LogP contribution in [0.25, 0.3) is 22.2 Å². The number of hydrogen-bond acceptors (Lipinski definition) is 2. The second kappa shape index (κ2) is 8.18. The molecule has 170 valence electrons. The van der Waals surface area contributed by atoms with Crippen molar-refractivity contribution in [2.75, 3.05) is 0 Å². The molecule has 0 atom stereocenters. The molecule has 0 radical (unpaired) electrons. The minimum Gasteiger partial charge on any atom is -0.411 e. The van der Waals surface area contributed by atoms with Gasteiger partial charge < -0.3 is 5.21 Å². The van der Waals surface area contributed by atoms with E-state index < -0.39 is 0 Å². The highest BCUT2D eigenvalue weighted by Crippen LogP contribution is 2.40. The molecular weight excluding hydrogens is 416 g/mol. The van der Waals surface area contributed by atoms with Crippen LogP contribution in [0.1, 0.15) is 49.9 Å². The first-order chi connectivity index (χ1) is 16.3. The van der Waals surface area contributed by atoms with E-state index >= 15 is 0 Å². The van der Waals surface area contributed by atoms with E-state index in [1.54, 1.807) is 0 Å². The van der Waals surface area contributed by atoms with Gasteiger partial charge in [-0.25, -0.2) is 0 Å². The fourth-order valence-corrected chi connectivity index (χ4v) is 4.82. The van der Waals surface area contributed by atoms with E-state index in [2.05, 4.69) is 112 Å². The van der Waals surface area contributed by atoms with Gasteiger partial charge in [0.25, 0.3) is 0 Å². The maximum atomic E-state index is 10.8. The topological polar surface area (TPSA) is 38.0 Å². The third-order valence-corrected chi connectivity index (χ3v) is 7.20. The van der Waals surface area contributed by atoms with Crippen LogP contribution in [-0.2, 0) is 10.8 Å². The zero-order chi connectivity index (χ0) is 23.9. The summed E-state index contributed by atoms with van der Waals surface area (Å²) in [6, 6.07) is 35.8. The van der Waals surface area contributed by atoms with Gasteiger partial charge in [0.05, 0.1) is 5.52 Å². The summed E-state index contributed by atoms with van der Waals surface area (Å²) in [5, 5.41) is 16.1. The van der Waals surface area contributed by atoms with Crippen molar-refractivity contribution < 1.29 is 5.21 Å². The first-order valence-corrected chi connectivity index (χ1v) is 11.7. The van der Waals surface area contributed by atoms with E-state index in [0.717, 1.165) is 21.3 Å². The Morgan fingerprint density at radius 1 is 0.588 bits per heavy atom. The molecule has 1 N–H and O–H groups in total. The first kappa shape index (κ1) is 22.0. The van der Waals surface area contributed by atoms with Crippen molar-refractivity contribution in [3.05, 3.63) is 125 Å². The smallest absolute Gasteiger partial charge is 0.118 e. The highest BCUT2D eigenvalue weighted by atomic mass is 16.5. The Labute approximate surface area is 201 Å². The summed E-state index contributed by atoms with van der Waals surface area (Å²) in [5.74, 6) is 0. The predicted molar refractivity (Wildman–Crippen MR) is 139 cm³/mol. The lowest BCUT2D eigenvalue weighted by atomic mass is 9.72. The van der Waals surface area contributed by atoms with Crippen molar-refractivity contribution in [3.63, 3.8) is 0 Å². The molecule has 0 amide bonds. The molecule has 0 bridgehead atoms. The Balaban J connectivity index is 1.78. The van der Waals surface area contributed by atoms with Crippen LogP contribution in [0.4, 0.5) is 0 Å². The van der Waals surface area contributed by atoms with Gasteiger partial charge in [0, 0.05) is 21.8 Å². The van der Waals surface area contributed by atoms with Crippen LogP contribution in [0.3, 0.4) is 0 Å². The molecule has 0 aliphatic carbocycles. The SMILES string of the molecule is CC(C)(c1ccccc1)c1cc(-c2c3ccccc3nn2O)cc(C(C)(C)c2ccccc2)c1. The van der Waals surface area contributed by atoms with Crippen molar-refractivity contribution in [2.45, 2.75) is 38.5 Å². The largest absolute Gasteiger partial charge is 0.411 e. The van der Waals surface area contributed by atoms with Crippen LogP contribution in [0.5, 0.6) is 0 Å². The number of benzene rings is 4. The van der Waals surface area contributed by atoms with Crippen molar-refractivity contribution in [1.82, 2.24) is 9.94 Å². The molecule has 0 unspecified atom stereocenters. The monoisotopic (exact) mass is 446 g/mol. The Hall–Kier alpha value is -3.85. The van der Waals surface area contributed by atoms with Crippen LogP contribution < -0.4 is 0 Å². The average molecular weight is 447 g/mol. The quantitative estimate of drug-likeness (QED) is 0.282. The lowest BCUT2D eigenvalue weighted by Crippen LogP contribution is -2.23. The van der Waals surface area contributed by atoms with E-state index in [-0.39, 0.29) is 10.8 Å². The lowest BCUT2D eigenvalue weighted by molar-refractivity contribution is 0.155. The standard InChI is InChI=1S/C31H30N2O/c1-30(2,23-13-7-5-8-14-23)25-19-22(29-27-17-11-12-18-28(27)32-33(29)34)20-26(21-25)31(3,4)24-15-9-6-10-16-24/h5-21,34H,1-4H3.